The third kappa shape index (κ3) is 5.90. The van der Waals surface area contributed by atoms with Gasteiger partial charge in [0.2, 0.25) is 0 Å². The number of aromatic hydroxyl groups is 1. The summed E-state index contributed by atoms with van der Waals surface area (Å²) in [4.78, 5) is 34.1. The first-order valence-corrected chi connectivity index (χ1v) is 11.9. The summed E-state index contributed by atoms with van der Waals surface area (Å²) < 4.78 is 33.0. The highest BCUT2D eigenvalue weighted by Gasteiger charge is 2.22. The summed E-state index contributed by atoms with van der Waals surface area (Å²) in [6.45, 7) is -0.566. The molecule has 13 heteroatoms. The highest BCUT2D eigenvalue weighted by molar-refractivity contribution is 9.10. The number of nitro groups is 1. The van der Waals surface area contributed by atoms with Crippen LogP contribution < -0.4 is 4.72 Å². The fourth-order valence-electron chi connectivity index (χ4n) is 2.71. The van der Waals surface area contributed by atoms with E-state index in [9.17, 15) is 33.2 Å². The van der Waals surface area contributed by atoms with E-state index in [0.717, 1.165) is 34.8 Å². The van der Waals surface area contributed by atoms with Gasteiger partial charge in [0.05, 0.1) is 15.5 Å². The lowest BCUT2D eigenvalue weighted by atomic mass is 10.1. The molecule has 3 aromatic carbocycles. The van der Waals surface area contributed by atoms with E-state index in [4.69, 9.17) is 16.3 Å². The van der Waals surface area contributed by atoms with Crippen LogP contribution in [0.15, 0.2) is 70.0 Å². The van der Waals surface area contributed by atoms with Crippen LogP contribution in [0.2, 0.25) is 5.02 Å². The zero-order valence-electron chi connectivity index (χ0n) is 16.9. The van der Waals surface area contributed by atoms with E-state index >= 15 is 0 Å². The number of phenols is 1. The van der Waals surface area contributed by atoms with Gasteiger partial charge in [0.1, 0.15) is 16.3 Å². The minimum Gasteiger partial charge on any atom is -0.507 e. The molecule has 0 saturated heterocycles. The zero-order chi connectivity index (χ0) is 25.0. The van der Waals surface area contributed by atoms with Crippen LogP contribution >= 0.6 is 27.5 Å². The van der Waals surface area contributed by atoms with Crippen molar-refractivity contribution in [1.82, 2.24) is 0 Å². The van der Waals surface area contributed by atoms with Crippen LogP contribution in [-0.4, -0.2) is 36.8 Å². The highest BCUT2D eigenvalue weighted by atomic mass is 79.9. The Bertz CT molecular complexity index is 1390. The van der Waals surface area contributed by atoms with E-state index in [-0.39, 0.29) is 16.3 Å². The summed E-state index contributed by atoms with van der Waals surface area (Å²) in [5, 5.41) is 20.9. The van der Waals surface area contributed by atoms with Gasteiger partial charge in [-0.2, -0.15) is 0 Å². The number of nitrogens with zero attached hydrogens (tertiary/aromatic N) is 1. The lowest BCUT2D eigenvalue weighted by Crippen LogP contribution is -2.15. The number of halogens is 2. The molecule has 3 aromatic rings. The molecule has 0 aliphatic rings. The van der Waals surface area contributed by atoms with Crippen molar-refractivity contribution in [1.29, 1.82) is 0 Å². The van der Waals surface area contributed by atoms with Crippen LogP contribution in [0.4, 0.5) is 11.4 Å². The van der Waals surface area contributed by atoms with Crippen LogP contribution in [0.1, 0.15) is 20.7 Å². The SMILES string of the molecule is O=C(COC(=O)c1ccc(NS(=O)(=O)c2ccc(Cl)c([N+](=O)[O-])c2)cc1O)c1ccc(Br)cc1. The summed E-state index contributed by atoms with van der Waals surface area (Å²) in [5.41, 5.74) is -0.693. The molecule has 0 saturated carbocycles. The minimum absolute atomic E-state index is 0.127. The largest absolute Gasteiger partial charge is 0.507 e. The molecule has 0 atom stereocenters. The summed E-state index contributed by atoms with van der Waals surface area (Å²) in [7, 11) is -4.28. The number of sulfonamides is 1. The second-order valence-corrected chi connectivity index (χ2v) is 9.72. The Labute approximate surface area is 206 Å². The Morgan fingerprint density at radius 3 is 2.38 bits per heavy atom. The standard InChI is InChI=1S/C21H14BrClN2O8S/c22-13-3-1-12(2-4-13)20(27)11-33-21(28)16-7-5-14(9-19(16)26)24-34(31,32)15-6-8-17(23)18(10-15)25(29)30/h1-10,24,26H,11H2. The second-order valence-electron chi connectivity index (χ2n) is 6.71. The molecule has 10 nitrogen and oxygen atoms in total. The van der Waals surface area contributed by atoms with Crippen LogP contribution in [0.25, 0.3) is 0 Å². The van der Waals surface area contributed by atoms with Crippen molar-refractivity contribution < 1.29 is 32.8 Å². The Hall–Kier alpha value is -3.48. The van der Waals surface area contributed by atoms with Gasteiger partial charge in [-0.1, -0.05) is 39.7 Å². The number of carbonyl (C=O) groups is 2. The number of ether oxygens (including phenoxy) is 1. The lowest BCUT2D eigenvalue weighted by Gasteiger charge is -2.11. The van der Waals surface area contributed by atoms with E-state index < -0.39 is 49.6 Å². The molecule has 2 N–H and O–H groups in total. The maximum atomic E-state index is 12.6. The molecule has 0 bridgehead atoms. The number of benzene rings is 3. The maximum absolute atomic E-state index is 12.6. The van der Waals surface area contributed by atoms with Crippen molar-refractivity contribution in [3.05, 3.63) is 91.4 Å². The summed E-state index contributed by atoms with van der Waals surface area (Å²) in [5.74, 6) is -2.06. The number of carbonyl (C=O) groups excluding carboxylic acids is 2. The number of phenolic OH excluding ortho intramolecular Hbond substituents is 1. The molecule has 0 aliphatic carbocycles. The number of ketones is 1. The Morgan fingerprint density at radius 2 is 1.76 bits per heavy atom. The van der Waals surface area contributed by atoms with Crippen LogP contribution in [0.5, 0.6) is 5.75 Å². The average molecular weight is 570 g/mol. The highest BCUT2D eigenvalue weighted by Crippen LogP contribution is 2.29. The van der Waals surface area contributed by atoms with Crippen LogP contribution in [-0.2, 0) is 14.8 Å². The third-order valence-corrected chi connectivity index (χ3v) is 6.62. The number of hydrogen-bond donors (Lipinski definition) is 2. The van der Waals surface area contributed by atoms with Gasteiger partial charge < -0.3 is 9.84 Å². The number of nitrogens with one attached hydrogen (secondary N) is 1. The van der Waals surface area contributed by atoms with E-state index in [1.165, 1.54) is 6.07 Å². The van der Waals surface area contributed by atoms with Gasteiger partial charge in [0, 0.05) is 22.2 Å². The van der Waals surface area contributed by atoms with Gasteiger partial charge in [-0.15, -0.1) is 0 Å². The normalized spacial score (nSPS) is 11.0. The lowest BCUT2D eigenvalue weighted by molar-refractivity contribution is -0.384. The first-order chi connectivity index (χ1) is 16.0. The number of esters is 1. The molecule has 3 rings (SSSR count). The second kappa shape index (κ2) is 10.2. The van der Waals surface area contributed by atoms with Gasteiger partial charge >= 0.3 is 5.97 Å². The Balaban J connectivity index is 1.71. The average Bonchev–Trinajstić information content (AvgIpc) is 2.77. The molecule has 176 valence electrons. The topological polar surface area (TPSA) is 153 Å². The van der Waals surface area contributed by atoms with Crippen molar-refractivity contribution in [3.8, 4) is 5.75 Å². The van der Waals surface area contributed by atoms with Gasteiger partial charge in [-0.3, -0.25) is 19.6 Å². The Kier molecular flexibility index (Phi) is 7.54. The molecule has 0 aliphatic heterocycles. The van der Waals surface area contributed by atoms with E-state index in [1.807, 2.05) is 0 Å². The van der Waals surface area contributed by atoms with Gasteiger partial charge in [0.15, 0.2) is 12.4 Å². The third-order valence-electron chi connectivity index (χ3n) is 4.40. The van der Waals surface area contributed by atoms with Crippen LogP contribution in [0.3, 0.4) is 0 Å². The zero-order valence-corrected chi connectivity index (χ0v) is 20.1. The maximum Gasteiger partial charge on any atom is 0.342 e. The number of hydrogen-bond acceptors (Lipinski definition) is 8. The molecule has 0 amide bonds. The molecule has 0 heterocycles. The summed E-state index contributed by atoms with van der Waals surface area (Å²) in [6.07, 6.45) is 0. The van der Waals surface area contributed by atoms with Crippen molar-refractivity contribution in [3.63, 3.8) is 0 Å². The van der Waals surface area contributed by atoms with E-state index in [0.29, 0.717) is 5.56 Å². The molecule has 0 spiro atoms. The first-order valence-electron chi connectivity index (χ1n) is 9.23. The molecule has 0 aromatic heterocycles. The fraction of sp³-hybridized carbons (Fsp3) is 0.0476. The van der Waals surface area contributed by atoms with Gasteiger partial charge in [-0.05, 0) is 36.4 Å². The van der Waals surface area contributed by atoms with Crippen molar-refractivity contribution >= 4 is 60.7 Å². The van der Waals surface area contributed by atoms with E-state index in [1.54, 1.807) is 24.3 Å². The van der Waals surface area contributed by atoms with Crippen molar-refractivity contribution in [2.24, 2.45) is 0 Å². The summed E-state index contributed by atoms with van der Waals surface area (Å²) >= 11 is 8.94. The molecule has 0 fully saturated rings. The molecule has 34 heavy (non-hydrogen) atoms. The van der Waals surface area contributed by atoms with E-state index in [2.05, 4.69) is 20.7 Å². The molecular weight excluding hydrogens is 556 g/mol. The number of anilines is 1. The molecule has 0 unspecified atom stereocenters. The van der Waals surface area contributed by atoms with Gasteiger partial charge in [0.25, 0.3) is 15.7 Å². The minimum atomic E-state index is -4.28. The van der Waals surface area contributed by atoms with Crippen molar-refractivity contribution in [2.45, 2.75) is 4.90 Å². The summed E-state index contributed by atoms with van der Waals surface area (Å²) in [6, 6.07) is 12.6. The van der Waals surface area contributed by atoms with Gasteiger partial charge in [-0.25, -0.2) is 13.2 Å². The number of Topliss-reactive ketones (excluding diaryl/α,β-unsaturated/α-hetero) is 1. The molecule has 0 radical (unpaired) electrons. The first kappa shape index (κ1) is 25.1. The van der Waals surface area contributed by atoms with Crippen molar-refractivity contribution in [2.75, 3.05) is 11.3 Å². The smallest absolute Gasteiger partial charge is 0.342 e. The number of rotatable bonds is 8. The monoisotopic (exact) mass is 568 g/mol. The quantitative estimate of drug-likeness (QED) is 0.173. The predicted octanol–water partition coefficient (Wildman–Crippen LogP) is 4.56. The number of nitro benzene ring substituents is 1. The predicted molar refractivity (Wildman–Crippen MR) is 126 cm³/mol. The van der Waals surface area contributed by atoms with Crippen LogP contribution in [0, 0.1) is 10.1 Å². The fourth-order valence-corrected chi connectivity index (χ4v) is 4.23. The molecular formula is C21H14BrClN2O8S. The Morgan fingerprint density at radius 1 is 1.09 bits per heavy atom.